The smallest absolute Gasteiger partial charge is 0.295 e. The van der Waals surface area contributed by atoms with E-state index < -0.39 is 29.3 Å². The molecule has 1 atom stereocenters. The maximum Gasteiger partial charge on any atom is 0.295 e. The van der Waals surface area contributed by atoms with Gasteiger partial charge >= 0.3 is 0 Å². The molecular weight excluding hydrogens is 389 g/mol. The molecule has 0 bridgehead atoms. The first-order valence-corrected chi connectivity index (χ1v) is 9.53. The Morgan fingerprint density at radius 3 is 2.63 bits per heavy atom. The molecule has 0 saturated carbocycles. The highest BCUT2D eigenvalue weighted by molar-refractivity contribution is 6.46. The van der Waals surface area contributed by atoms with Crippen molar-refractivity contribution in [2.75, 3.05) is 34.3 Å². The Balaban J connectivity index is 2.08. The van der Waals surface area contributed by atoms with Crippen LogP contribution in [0.2, 0.25) is 0 Å². The second-order valence-corrected chi connectivity index (χ2v) is 7.25. The SMILES string of the molecule is COc1ccc(/C(O)=C2\C(=O)C(=O)N(CCCN(C)C)[C@@H]2c2ccccn2)cc1F. The fraction of sp³-hybridized carbons (Fsp3) is 0.318. The number of carbonyl (C=O) groups is 2. The minimum atomic E-state index is -0.849. The maximum atomic E-state index is 14.2. The van der Waals surface area contributed by atoms with Crippen LogP contribution in [0.5, 0.6) is 5.75 Å². The molecule has 2 heterocycles. The Kier molecular flexibility index (Phi) is 6.47. The molecule has 2 aromatic rings. The third kappa shape index (κ3) is 4.18. The van der Waals surface area contributed by atoms with Crippen LogP contribution in [0.15, 0.2) is 48.2 Å². The van der Waals surface area contributed by atoms with Crippen LogP contribution in [0, 0.1) is 5.82 Å². The summed E-state index contributed by atoms with van der Waals surface area (Å²) >= 11 is 0. The first kappa shape index (κ1) is 21.4. The average Bonchev–Trinajstić information content (AvgIpc) is 2.98. The lowest BCUT2D eigenvalue weighted by Gasteiger charge is -2.25. The molecule has 8 heteroatoms. The average molecular weight is 413 g/mol. The molecule has 0 unspecified atom stereocenters. The van der Waals surface area contributed by atoms with Gasteiger partial charge in [-0.05, 0) is 57.4 Å². The van der Waals surface area contributed by atoms with Gasteiger partial charge in [0.2, 0.25) is 0 Å². The molecule has 1 amide bonds. The quantitative estimate of drug-likeness (QED) is 0.427. The minimum Gasteiger partial charge on any atom is -0.507 e. The third-order valence-electron chi connectivity index (χ3n) is 4.94. The second kappa shape index (κ2) is 9.04. The Labute approximate surface area is 174 Å². The first-order valence-electron chi connectivity index (χ1n) is 9.53. The van der Waals surface area contributed by atoms with E-state index in [1.54, 1.807) is 24.4 Å². The molecule has 1 N–H and O–H groups in total. The zero-order valence-corrected chi connectivity index (χ0v) is 17.1. The maximum absolute atomic E-state index is 14.2. The van der Waals surface area contributed by atoms with Gasteiger partial charge in [0, 0.05) is 18.3 Å². The predicted octanol–water partition coefficient (Wildman–Crippen LogP) is 2.60. The summed E-state index contributed by atoms with van der Waals surface area (Å²) in [4.78, 5) is 33.3. The third-order valence-corrected chi connectivity index (χ3v) is 4.94. The van der Waals surface area contributed by atoms with E-state index in [4.69, 9.17) is 4.74 Å². The first-order chi connectivity index (χ1) is 14.3. The Hall–Kier alpha value is -3.26. The summed E-state index contributed by atoms with van der Waals surface area (Å²) in [6.45, 7) is 1.04. The summed E-state index contributed by atoms with van der Waals surface area (Å²) in [6.07, 6.45) is 2.20. The number of halogens is 1. The minimum absolute atomic E-state index is 0.0111. The number of ether oxygens (including phenoxy) is 1. The van der Waals surface area contributed by atoms with Crippen LogP contribution in [0.3, 0.4) is 0 Å². The molecular formula is C22H24FN3O4. The molecule has 0 spiro atoms. The van der Waals surface area contributed by atoms with Gasteiger partial charge in [0.15, 0.2) is 11.6 Å². The van der Waals surface area contributed by atoms with Crippen LogP contribution in [-0.4, -0.2) is 65.9 Å². The zero-order chi connectivity index (χ0) is 21.8. The van der Waals surface area contributed by atoms with Crippen LogP contribution in [0.4, 0.5) is 4.39 Å². The van der Waals surface area contributed by atoms with Gasteiger partial charge in [0.05, 0.1) is 18.4 Å². The number of methoxy groups -OCH3 is 1. The van der Waals surface area contributed by atoms with Crippen molar-refractivity contribution in [3.63, 3.8) is 0 Å². The Bertz CT molecular complexity index is 976. The molecule has 7 nitrogen and oxygen atoms in total. The number of aromatic nitrogens is 1. The highest BCUT2D eigenvalue weighted by Gasteiger charge is 2.46. The van der Waals surface area contributed by atoms with Gasteiger partial charge < -0.3 is 19.6 Å². The van der Waals surface area contributed by atoms with Crippen LogP contribution >= 0.6 is 0 Å². The monoisotopic (exact) mass is 413 g/mol. The van der Waals surface area contributed by atoms with Crippen LogP contribution in [0.1, 0.15) is 23.7 Å². The van der Waals surface area contributed by atoms with E-state index in [0.717, 1.165) is 12.6 Å². The molecule has 0 radical (unpaired) electrons. The summed E-state index contributed by atoms with van der Waals surface area (Å²) in [6, 6.07) is 8.18. The van der Waals surface area contributed by atoms with Gasteiger partial charge in [-0.1, -0.05) is 6.07 Å². The zero-order valence-electron chi connectivity index (χ0n) is 17.1. The number of ketones is 1. The standard InChI is InChI=1S/C22H24FN3O4/c1-25(2)11-6-12-26-19(16-7-4-5-10-24-16)18(21(28)22(26)29)20(27)14-8-9-17(30-3)15(23)13-14/h4-5,7-10,13,19,27H,6,11-12H2,1-3H3/b20-18+/t19-/m1/s1. The van der Waals surface area contributed by atoms with E-state index in [0.29, 0.717) is 18.7 Å². The fourth-order valence-electron chi connectivity index (χ4n) is 3.48. The van der Waals surface area contributed by atoms with Gasteiger partial charge in [-0.15, -0.1) is 0 Å². The number of pyridine rings is 1. The van der Waals surface area contributed by atoms with Crippen molar-refractivity contribution in [2.45, 2.75) is 12.5 Å². The van der Waals surface area contributed by atoms with E-state index in [1.165, 1.54) is 24.1 Å². The molecule has 1 aliphatic rings. The van der Waals surface area contributed by atoms with Crippen molar-refractivity contribution in [1.29, 1.82) is 0 Å². The van der Waals surface area contributed by atoms with Crippen molar-refractivity contribution in [2.24, 2.45) is 0 Å². The number of hydrogen-bond donors (Lipinski definition) is 1. The summed E-state index contributed by atoms with van der Waals surface area (Å²) in [5, 5.41) is 10.9. The number of benzene rings is 1. The number of Topliss-reactive ketones (excluding diaryl/α,β-unsaturated/α-hetero) is 1. The van der Waals surface area contributed by atoms with Crippen molar-refractivity contribution >= 4 is 17.4 Å². The predicted molar refractivity (Wildman–Crippen MR) is 109 cm³/mol. The lowest BCUT2D eigenvalue weighted by Crippen LogP contribution is -2.32. The molecule has 1 aliphatic heterocycles. The molecule has 1 saturated heterocycles. The number of hydrogen-bond acceptors (Lipinski definition) is 6. The number of aliphatic hydroxyl groups is 1. The number of likely N-dealkylation sites (tertiary alicyclic amines) is 1. The summed E-state index contributed by atoms with van der Waals surface area (Å²) < 4.78 is 19.1. The lowest BCUT2D eigenvalue weighted by atomic mass is 9.98. The molecule has 0 aliphatic carbocycles. The summed E-state index contributed by atoms with van der Waals surface area (Å²) in [7, 11) is 5.17. The van der Waals surface area contributed by atoms with Gasteiger partial charge in [-0.3, -0.25) is 14.6 Å². The molecule has 3 rings (SSSR count). The number of aliphatic hydroxyl groups excluding tert-OH is 1. The normalized spacial score (nSPS) is 18.3. The van der Waals surface area contributed by atoms with E-state index >= 15 is 0 Å². The Morgan fingerprint density at radius 2 is 2.03 bits per heavy atom. The summed E-state index contributed by atoms with van der Waals surface area (Å²) in [5.74, 6) is -2.64. The number of amides is 1. The topological polar surface area (TPSA) is 83.0 Å². The fourth-order valence-corrected chi connectivity index (χ4v) is 3.48. The molecule has 1 fully saturated rings. The number of carbonyl (C=O) groups excluding carboxylic acids is 2. The van der Waals surface area contributed by atoms with E-state index in [2.05, 4.69) is 4.98 Å². The van der Waals surface area contributed by atoms with Crippen molar-refractivity contribution in [3.8, 4) is 5.75 Å². The number of rotatable bonds is 7. The van der Waals surface area contributed by atoms with Gasteiger partial charge in [-0.25, -0.2) is 4.39 Å². The van der Waals surface area contributed by atoms with Gasteiger partial charge in [0.25, 0.3) is 11.7 Å². The summed E-state index contributed by atoms with van der Waals surface area (Å²) in [5.41, 5.74) is 0.436. The van der Waals surface area contributed by atoms with Crippen molar-refractivity contribution in [3.05, 3.63) is 65.2 Å². The number of nitrogens with zero attached hydrogens (tertiary/aromatic N) is 3. The van der Waals surface area contributed by atoms with Crippen molar-refractivity contribution < 1.29 is 23.8 Å². The van der Waals surface area contributed by atoms with Crippen LogP contribution in [-0.2, 0) is 9.59 Å². The van der Waals surface area contributed by atoms with Gasteiger partial charge in [-0.2, -0.15) is 0 Å². The second-order valence-electron chi connectivity index (χ2n) is 7.25. The lowest BCUT2D eigenvalue weighted by molar-refractivity contribution is -0.140. The van der Waals surface area contributed by atoms with E-state index in [9.17, 15) is 19.1 Å². The van der Waals surface area contributed by atoms with Crippen molar-refractivity contribution in [1.82, 2.24) is 14.8 Å². The largest absolute Gasteiger partial charge is 0.507 e. The van der Waals surface area contributed by atoms with Gasteiger partial charge in [0.1, 0.15) is 11.8 Å². The van der Waals surface area contributed by atoms with E-state index in [1.807, 2.05) is 19.0 Å². The van der Waals surface area contributed by atoms with Crippen LogP contribution in [0.25, 0.3) is 5.76 Å². The molecule has 1 aromatic carbocycles. The highest BCUT2D eigenvalue weighted by atomic mass is 19.1. The van der Waals surface area contributed by atoms with E-state index in [-0.39, 0.29) is 16.9 Å². The highest BCUT2D eigenvalue weighted by Crippen LogP contribution is 2.39. The molecule has 30 heavy (non-hydrogen) atoms. The van der Waals surface area contributed by atoms with Crippen LogP contribution < -0.4 is 4.74 Å². The molecule has 158 valence electrons. The Morgan fingerprint density at radius 1 is 1.27 bits per heavy atom. The molecule has 1 aromatic heterocycles.